The van der Waals surface area contributed by atoms with Crippen LogP contribution in [0.25, 0.3) is 16.7 Å². The minimum Gasteiger partial charge on any atom is -0.489 e. The van der Waals surface area contributed by atoms with Crippen molar-refractivity contribution >= 4 is 28.6 Å². The zero-order valence-corrected chi connectivity index (χ0v) is 22.6. The lowest BCUT2D eigenvalue weighted by Crippen LogP contribution is -2.52. The van der Waals surface area contributed by atoms with Crippen molar-refractivity contribution in [1.29, 1.82) is 0 Å². The summed E-state index contributed by atoms with van der Waals surface area (Å²) in [5, 5.41) is 3.45. The number of rotatable bonds is 8. The number of anilines is 2. The molecule has 2 aromatic carbocycles. The van der Waals surface area contributed by atoms with Crippen LogP contribution in [-0.2, 0) is 11.3 Å². The Morgan fingerprint density at radius 2 is 1.82 bits per heavy atom. The lowest BCUT2D eigenvalue weighted by atomic mass is 9.86. The zero-order chi connectivity index (χ0) is 27.6. The maximum Gasteiger partial charge on any atom is 0.280 e. The van der Waals surface area contributed by atoms with Crippen LogP contribution in [-0.4, -0.2) is 58.2 Å². The van der Waals surface area contributed by atoms with Gasteiger partial charge in [-0.15, -0.1) is 0 Å². The molecule has 3 aliphatic heterocycles. The maximum atomic E-state index is 13.2. The van der Waals surface area contributed by atoms with Gasteiger partial charge in [0.1, 0.15) is 17.4 Å². The smallest absolute Gasteiger partial charge is 0.280 e. The van der Waals surface area contributed by atoms with Crippen molar-refractivity contribution < 1.29 is 14.4 Å². The number of carbonyl (C=O) groups excluding carboxylic acids is 1. The summed E-state index contributed by atoms with van der Waals surface area (Å²) in [5.74, 6) is 1.16. The molecule has 5 heterocycles. The lowest BCUT2D eigenvalue weighted by molar-refractivity contribution is -0.00775. The van der Waals surface area contributed by atoms with E-state index in [4.69, 9.17) is 9.57 Å². The third-order valence-electron chi connectivity index (χ3n) is 7.80. The van der Waals surface area contributed by atoms with E-state index in [9.17, 15) is 9.59 Å². The van der Waals surface area contributed by atoms with Gasteiger partial charge in [-0.2, -0.15) is 4.98 Å². The largest absolute Gasteiger partial charge is 0.489 e. The highest BCUT2D eigenvalue weighted by Gasteiger charge is 2.35. The molecule has 0 aliphatic carbocycles. The minimum atomic E-state index is -0.643. The molecule has 4 aromatic rings. The van der Waals surface area contributed by atoms with Gasteiger partial charge in [-0.3, -0.25) is 19.3 Å². The Morgan fingerprint density at radius 1 is 1.07 bits per heavy atom. The number of pyridine rings is 1. The normalized spacial score (nSPS) is 19.9. The van der Waals surface area contributed by atoms with Crippen LogP contribution in [0, 0.1) is 5.92 Å². The Morgan fingerprint density at radius 3 is 2.48 bits per heavy atom. The van der Waals surface area contributed by atoms with E-state index in [1.54, 1.807) is 4.57 Å². The Kier molecular flexibility index (Phi) is 7.19. The number of piperidine rings is 3. The van der Waals surface area contributed by atoms with Gasteiger partial charge in [-0.25, -0.2) is 10.5 Å². The molecule has 206 valence electrons. The number of carbonyl (C=O) groups is 1. The fraction of sp³-hybridized carbons (Fsp3) is 0.333. The van der Waals surface area contributed by atoms with Gasteiger partial charge in [0.25, 0.3) is 5.91 Å². The van der Waals surface area contributed by atoms with Crippen LogP contribution in [0.5, 0.6) is 5.75 Å². The fourth-order valence-corrected chi connectivity index (χ4v) is 5.53. The summed E-state index contributed by atoms with van der Waals surface area (Å²) in [6.45, 7) is 5.43. The fourth-order valence-electron chi connectivity index (χ4n) is 5.53. The number of hydroxylamine groups is 1. The highest BCUT2D eigenvalue weighted by Crippen LogP contribution is 2.31. The maximum absolute atomic E-state index is 13.2. The molecule has 1 amide bonds. The average Bonchev–Trinajstić information content (AvgIpc) is 2.99. The summed E-state index contributed by atoms with van der Waals surface area (Å²) in [5.41, 5.74) is 4.77. The predicted octanol–water partition coefficient (Wildman–Crippen LogP) is 3.85. The Balaban J connectivity index is 1.29. The molecule has 7 rings (SSSR count). The second-order valence-corrected chi connectivity index (χ2v) is 10.3. The molecule has 2 N–H and O–H groups in total. The topological polar surface area (TPSA) is 111 Å². The standard InChI is InChI=1S/C30H32N6O4/c1-3-19-4-8-22(9-5-19)36-17-25(29(38)34-39-2)27(37)24-16-31-30(33-28(24)36)32-21-6-10-23(11-7-21)40-26-18-35-14-12-20(26)13-15-35/h4-11,16-17,20,26H,3,12-15,18H2,1-2H3,(H,34,38)(H,31,32,33). The van der Waals surface area contributed by atoms with Gasteiger partial charge >= 0.3 is 0 Å². The van der Waals surface area contributed by atoms with Crippen molar-refractivity contribution in [3.05, 3.63) is 82.3 Å². The second kappa shape index (κ2) is 11.1. The van der Waals surface area contributed by atoms with Crippen LogP contribution >= 0.6 is 0 Å². The van der Waals surface area contributed by atoms with Gasteiger partial charge in [-0.05, 0) is 80.2 Å². The first-order chi connectivity index (χ1) is 19.5. The first kappa shape index (κ1) is 26.0. The summed E-state index contributed by atoms with van der Waals surface area (Å²) in [4.78, 5) is 42.1. The molecule has 2 aromatic heterocycles. The van der Waals surface area contributed by atoms with Crippen molar-refractivity contribution in [3.63, 3.8) is 0 Å². The van der Waals surface area contributed by atoms with Crippen LogP contribution < -0.4 is 21.0 Å². The van der Waals surface area contributed by atoms with E-state index in [1.807, 2.05) is 48.5 Å². The van der Waals surface area contributed by atoms with Crippen molar-refractivity contribution in [2.24, 2.45) is 5.92 Å². The van der Waals surface area contributed by atoms with E-state index in [-0.39, 0.29) is 17.1 Å². The van der Waals surface area contributed by atoms with Gasteiger partial charge in [0, 0.05) is 30.3 Å². The number of aromatic nitrogens is 3. The number of benzene rings is 2. The summed E-state index contributed by atoms with van der Waals surface area (Å²) in [6, 6.07) is 15.6. The highest BCUT2D eigenvalue weighted by molar-refractivity contribution is 5.96. The summed E-state index contributed by atoms with van der Waals surface area (Å²) < 4.78 is 8.03. The van der Waals surface area contributed by atoms with Crippen LogP contribution in [0.15, 0.2) is 65.7 Å². The predicted molar refractivity (Wildman–Crippen MR) is 152 cm³/mol. The number of hydrogen-bond donors (Lipinski definition) is 2. The Hall–Kier alpha value is -4.28. The van der Waals surface area contributed by atoms with Gasteiger partial charge in [-0.1, -0.05) is 19.1 Å². The molecule has 3 aliphatic rings. The van der Waals surface area contributed by atoms with Crippen LogP contribution in [0.4, 0.5) is 11.6 Å². The van der Waals surface area contributed by atoms with Crippen molar-refractivity contribution in [2.75, 3.05) is 32.1 Å². The minimum absolute atomic E-state index is 0.0724. The van der Waals surface area contributed by atoms with Gasteiger partial charge in [0.2, 0.25) is 11.4 Å². The first-order valence-corrected chi connectivity index (χ1v) is 13.6. The molecule has 0 radical (unpaired) electrons. The molecule has 40 heavy (non-hydrogen) atoms. The average molecular weight is 541 g/mol. The molecule has 10 heteroatoms. The number of nitrogens with zero attached hydrogens (tertiary/aromatic N) is 4. The third kappa shape index (κ3) is 5.15. The van der Waals surface area contributed by atoms with Gasteiger partial charge < -0.3 is 14.6 Å². The molecule has 1 unspecified atom stereocenters. The second-order valence-electron chi connectivity index (χ2n) is 10.3. The quantitative estimate of drug-likeness (QED) is 0.324. The highest BCUT2D eigenvalue weighted by atomic mass is 16.6. The molecular formula is C30H32N6O4. The van der Waals surface area contributed by atoms with Crippen molar-refractivity contribution in [2.45, 2.75) is 32.3 Å². The molecule has 0 saturated carbocycles. The number of fused-ring (bicyclic) bond motifs is 4. The van der Waals surface area contributed by atoms with E-state index in [0.717, 1.165) is 30.1 Å². The van der Waals surface area contributed by atoms with Crippen molar-refractivity contribution in [1.82, 2.24) is 24.9 Å². The molecule has 2 bridgehead atoms. The van der Waals surface area contributed by atoms with E-state index >= 15 is 0 Å². The molecular weight excluding hydrogens is 508 g/mol. The number of aryl methyl sites for hydroxylation is 1. The van der Waals surface area contributed by atoms with E-state index in [1.165, 1.54) is 51.0 Å². The summed E-state index contributed by atoms with van der Waals surface area (Å²) in [6.07, 6.45) is 6.47. The summed E-state index contributed by atoms with van der Waals surface area (Å²) in [7, 11) is 1.32. The summed E-state index contributed by atoms with van der Waals surface area (Å²) >= 11 is 0. The lowest BCUT2D eigenvalue weighted by Gasteiger charge is -2.44. The van der Waals surface area contributed by atoms with Crippen molar-refractivity contribution in [3.8, 4) is 11.4 Å². The number of amides is 1. The third-order valence-corrected chi connectivity index (χ3v) is 7.80. The van der Waals surface area contributed by atoms with Crippen LogP contribution in [0.3, 0.4) is 0 Å². The molecule has 1 atom stereocenters. The van der Waals surface area contributed by atoms with Crippen LogP contribution in [0.1, 0.15) is 35.7 Å². The SMILES string of the molecule is CCc1ccc(-n2cc(C(=O)NOC)c(=O)c3cnc(Nc4ccc(OC5CN6CCC5CC6)cc4)nc32)cc1. The Labute approximate surface area is 231 Å². The molecule has 3 saturated heterocycles. The van der Waals surface area contributed by atoms with Gasteiger partial charge in [0.05, 0.1) is 12.5 Å². The van der Waals surface area contributed by atoms with Crippen LogP contribution in [0.2, 0.25) is 0 Å². The van der Waals surface area contributed by atoms with E-state index < -0.39 is 11.3 Å². The number of hydrogen-bond acceptors (Lipinski definition) is 8. The Bertz CT molecular complexity index is 1580. The van der Waals surface area contributed by atoms with Gasteiger partial charge in [0.15, 0.2) is 5.65 Å². The van der Waals surface area contributed by atoms with E-state index in [0.29, 0.717) is 17.5 Å². The molecule has 3 fully saturated rings. The van der Waals surface area contributed by atoms with E-state index in [2.05, 4.69) is 32.6 Å². The number of nitrogens with one attached hydrogen (secondary N) is 2. The number of ether oxygens (including phenoxy) is 1. The zero-order valence-electron chi connectivity index (χ0n) is 22.6. The molecule has 0 spiro atoms. The first-order valence-electron chi connectivity index (χ1n) is 13.6. The molecule has 10 nitrogen and oxygen atoms in total. The monoisotopic (exact) mass is 540 g/mol.